The van der Waals surface area contributed by atoms with Gasteiger partial charge in [0.2, 0.25) is 0 Å². The van der Waals surface area contributed by atoms with Crippen LogP contribution in [0.5, 0.6) is 5.75 Å². The quantitative estimate of drug-likeness (QED) is 0.826. The summed E-state index contributed by atoms with van der Waals surface area (Å²) in [6.07, 6.45) is 0. The fourth-order valence-corrected chi connectivity index (χ4v) is 3.61. The molecule has 0 aromatic heterocycles. The van der Waals surface area contributed by atoms with E-state index in [4.69, 9.17) is 16.3 Å². The van der Waals surface area contributed by atoms with Gasteiger partial charge in [0.1, 0.15) is 5.75 Å². The highest BCUT2D eigenvalue weighted by molar-refractivity contribution is 6.31. The Morgan fingerprint density at radius 1 is 1.19 bits per heavy atom. The molecule has 0 unspecified atom stereocenters. The summed E-state index contributed by atoms with van der Waals surface area (Å²) < 4.78 is 5.22. The highest BCUT2D eigenvalue weighted by Gasteiger charge is 2.29. The smallest absolute Gasteiger partial charge is 0.282 e. The third kappa shape index (κ3) is 4.73. The van der Waals surface area contributed by atoms with Gasteiger partial charge in [-0.1, -0.05) is 17.7 Å². The van der Waals surface area contributed by atoms with Crippen LogP contribution in [-0.4, -0.2) is 45.2 Å². The Balaban J connectivity index is 1.56. The Hall–Kier alpha value is -2.24. The lowest BCUT2D eigenvalue weighted by molar-refractivity contribution is -0.914. The Labute approximate surface area is 165 Å². The van der Waals surface area contributed by atoms with Crippen molar-refractivity contribution >= 4 is 28.9 Å². The molecular formula is C21H27ClN3O2+. The van der Waals surface area contributed by atoms with Crippen molar-refractivity contribution in [1.82, 2.24) is 0 Å². The van der Waals surface area contributed by atoms with Crippen LogP contribution in [0.25, 0.3) is 0 Å². The second-order valence-corrected chi connectivity index (χ2v) is 7.45. The van der Waals surface area contributed by atoms with Crippen LogP contribution >= 0.6 is 11.6 Å². The number of hydrogen-bond acceptors (Lipinski definition) is 3. The molecule has 1 atom stereocenters. The summed E-state index contributed by atoms with van der Waals surface area (Å²) in [6, 6.07) is 13.6. The van der Waals surface area contributed by atoms with E-state index in [9.17, 15) is 4.79 Å². The monoisotopic (exact) mass is 388 g/mol. The fraction of sp³-hybridized carbons (Fsp3) is 0.381. The number of carbonyl (C=O) groups excluding carboxylic acids is 1. The summed E-state index contributed by atoms with van der Waals surface area (Å²) in [5, 5.41) is 3.66. The van der Waals surface area contributed by atoms with Crippen molar-refractivity contribution < 1.29 is 14.4 Å². The molecule has 27 heavy (non-hydrogen) atoms. The van der Waals surface area contributed by atoms with Crippen LogP contribution in [0.2, 0.25) is 5.02 Å². The molecule has 3 rings (SSSR count). The zero-order valence-electron chi connectivity index (χ0n) is 16.1. The average Bonchev–Trinajstić information content (AvgIpc) is 2.70. The Morgan fingerprint density at radius 3 is 2.48 bits per heavy atom. The minimum absolute atomic E-state index is 0.0354. The second kappa shape index (κ2) is 8.63. The number of nitrogens with zero attached hydrogens (tertiary/aromatic N) is 1. The molecule has 0 saturated carbocycles. The number of hydrogen-bond donors (Lipinski definition) is 2. The van der Waals surface area contributed by atoms with Crippen LogP contribution in [0.3, 0.4) is 0 Å². The Kier molecular flexibility index (Phi) is 6.24. The number of quaternary nitrogens is 1. The van der Waals surface area contributed by atoms with Crippen molar-refractivity contribution in [3.63, 3.8) is 0 Å². The molecule has 1 fully saturated rings. The molecule has 144 valence electrons. The molecule has 2 aromatic rings. The molecule has 0 aliphatic carbocycles. The third-order valence-corrected chi connectivity index (χ3v) is 5.54. The second-order valence-electron chi connectivity index (χ2n) is 7.01. The molecule has 1 heterocycles. The Bertz CT molecular complexity index is 787. The molecule has 0 bridgehead atoms. The maximum Gasteiger partial charge on any atom is 0.282 e. The SMILES string of the molecule is COc1ccc(N2CC[NH+]([C@H](C)C(=O)Nc3cc(Cl)ccc3C)CC2)cc1. The van der Waals surface area contributed by atoms with E-state index >= 15 is 0 Å². The number of ether oxygens (including phenoxy) is 1. The molecule has 0 spiro atoms. The van der Waals surface area contributed by atoms with Gasteiger partial charge in [0.15, 0.2) is 6.04 Å². The third-order valence-electron chi connectivity index (χ3n) is 5.31. The fourth-order valence-electron chi connectivity index (χ4n) is 3.43. The zero-order chi connectivity index (χ0) is 19.4. The molecular weight excluding hydrogens is 362 g/mol. The maximum absolute atomic E-state index is 12.7. The van der Waals surface area contributed by atoms with Crippen LogP contribution in [0.1, 0.15) is 12.5 Å². The number of methoxy groups -OCH3 is 1. The van der Waals surface area contributed by atoms with Gasteiger partial charge < -0.3 is 19.9 Å². The van der Waals surface area contributed by atoms with Gasteiger partial charge in [-0.2, -0.15) is 0 Å². The van der Waals surface area contributed by atoms with Crippen LogP contribution in [0, 0.1) is 6.92 Å². The first kappa shape index (κ1) is 19.5. The van der Waals surface area contributed by atoms with E-state index < -0.39 is 0 Å². The molecule has 1 aliphatic heterocycles. The lowest BCUT2D eigenvalue weighted by Gasteiger charge is -2.36. The number of anilines is 2. The van der Waals surface area contributed by atoms with Gasteiger partial charge in [-0.05, 0) is 55.8 Å². The summed E-state index contributed by atoms with van der Waals surface area (Å²) >= 11 is 6.05. The first-order valence-corrected chi connectivity index (χ1v) is 9.66. The van der Waals surface area contributed by atoms with Crippen molar-refractivity contribution in [2.75, 3.05) is 43.5 Å². The lowest BCUT2D eigenvalue weighted by atomic mass is 10.1. The van der Waals surface area contributed by atoms with Gasteiger partial charge in [-0.15, -0.1) is 0 Å². The first-order valence-electron chi connectivity index (χ1n) is 9.28. The van der Waals surface area contributed by atoms with E-state index in [1.165, 1.54) is 10.6 Å². The predicted octanol–water partition coefficient (Wildman–Crippen LogP) is 2.39. The van der Waals surface area contributed by atoms with E-state index in [-0.39, 0.29) is 11.9 Å². The summed E-state index contributed by atoms with van der Waals surface area (Å²) in [6.45, 7) is 7.67. The van der Waals surface area contributed by atoms with Crippen LogP contribution < -0.4 is 19.9 Å². The molecule has 6 heteroatoms. The highest BCUT2D eigenvalue weighted by Crippen LogP contribution is 2.21. The number of amides is 1. The zero-order valence-corrected chi connectivity index (χ0v) is 16.8. The largest absolute Gasteiger partial charge is 0.497 e. The molecule has 0 radical (unpaired) electrons. The molecule has 1 saturated heterocycles. The molecule has 2 N–H and O–H groups in total. The minimum atomic E-state index is -0.110. The highest BCUT2D eigenvalue weighted by atomic mass is 35.5. The average molecular weight is 389 g/mol. The number of aryl methyl sites for hydroxylation is 1. The van der Waals surface area contributed by atoms with Crippen LogP contribution in [0.4, 0.5) is 11.4 Å². The summed E-state index contributed by atoms with van der Waals surface area (Å²) in [7, 11) is 1.68. The van der Waals surface area contributed by atoms with Crippen molar-refractivity contribution in [2.45, 2.75) is 19.9 Å². The predicted molar refractivity (Wildman–Crippen MR) is 110 cm³/mol. The van der Waals surface area contributed by atoms with Gasteiger partial charge >= 0.3 is 0 Å². The Morgan fingerprint density at radius 2 is 1.85 bits per heavy atom. The maximum atomic E-state index is 12.7. The minimum Gasteiger partial charge on any atom is -0.497 e. The van der Waals surface area contributed by atoms with Crippen LogP contribution in [-0.2, 0) is 4.79 Å². The standard InChI is InChI=1S/C21H26ClN3O2/c1-15-4-5-17(22)14-20(15)23-21(26)16(2)24-10-12-25(13-11-24)18-6-8-19(27-3)9-7-18/h4-9,14,16H,10-13H2,1-3H3,(H,23,26)/p+1/t16-/m1/s1. The summed E-state index contributed by atoms with van der Waals surface area (Å²) in [5.74, 6) is 0.901. The number of carbonyl (C=O) groups is 1. The summed E-state index contributed by atoms with van der Waals surface area (Å²) in [4.78, 5) is 16.4. The normalized spacial score (nSPS) is 16.1. The van der Waals surface area contributed by atoms with Gasteiger partial charge in [0.05, 0.1) is 33.3 Å². The van der Waals surface area contributed by atoms with Crippen molar-refractivity contribution in [3.8, 4) is 5.75 Å². The number of halogens is 1. The van der Waals surface area contributed by atoms with Gasteiger partial charge in [-0.25, -0.2) is 0 Å². The molecule has 2 aromatic carbocycles. The van der Waals surface area contributed by atoms with E-state index in [1.54, 1.807) is 13.2 Å². The van der Waals surface area contributed by atoms with Gasteiger partial charge in [0.25, 0.3) is 5.91 Å². The number of nitrogens with one attached hydrogen (secondary N) is 2. The molecule has 5 nitrogen and oxygen atoms in total. The topological polar surface area (TPSA) is 46.0 Å². The lowest BCUT2D eigenvalue weighted by Crippen LogP contribution is -3.19. The van der Waals surface area contributed by atoms with Crippen LogP contribution in [0.15, 0.2) is 42.5 Å². The van der Waals surface area contributed by atoms with E-state index in [0.29, 0.717) is 5.02 Å². The van der Waals surface area contributed by atoms with E-state index in [0.717, 1.165) is 43.2 Å². The van der Waals surface area contributed by atoms with Crippen molar-refractivity contribution in [3.05, 3.63) is 53.1 Å². The van der Waals surface area contributed by atoms with Gasteiger partial charge in [-0.3, -0.25) is 4.79 Å². The van der Waals surface area contributed by atoms with Gasteiger partial charge in [0, 0.05) is 16.4 Å². The first-order chi connectivity index (χ1) is 13.0. The van der Waals surface area contributed by atoms with E-state index in [2.05, 4.69) is 22.3 Å². The number of rotatable bonds is 5. The number of benzene rings is 2. The van der Waals surface area contributed by atoms with Crippen molar-refractivity contribution in [1.29, 1.82) is 0 Å². The molecule has 1 amide bonds. The van der Waals surface area contributed by atoms with Crippen molar-refractivity contribution in [2.24, 2.45) is 0 Å². The number of piperazine rings is 1. The van der Waals surface area contributed by atoms with E-state index in [1.807, 2.05) is 38.1 Å². The summed E-state index contributed by atoms with van der Waals surface area (Å²) in [5.41, 5.74) is 3.00. The molecule has 1 aliphatic rings.